The van der Waals surface area contributed by atoms with Crippen LogP contribution < -0.4 is 5.32 Å². The maximum absolute atomic E-state index is 13.7. The first-order valence-electron chi connectivity index (χ1n) is 7.84. The largest absolute Gasteiger partial charge is 0.444 e. The number of benzene rings is 2. The number of nitrogens with one attached hydrogen (secondary N) is 1. The van der Waals surface area contributed by atoms with E-state index in [1.807, 2.05) is 30.3 Å². The van der Waals surface area contributed by atoms with Gasteiger partial charge in [-0.15, -0.1) is 11.8 Å². The second-order valence-electron chi connectivity index (χ2n) is 5.47. The van der Waals surface area contributed by atoms with Crippen LogP contribution in [0.1, 0.15) is 5.69 Å². The van der Waals surface area contributed by atoms with Crippen molar-refractivity contribution >= 4 is 29.0 Å². The number of carbonyl (C=O) groups excluding carboxylic acids is 1. The molecule has 3 aromatic rings. The molecule has 0 bridgehead atoms. The first kappa shape index (κ1) is 18.6. The number of rotatable bonds is 7. The highest BCUT2D eigenvalue weighted by atomic mass is 32.2. The standard InChI is InChI=1S/C18H14FN3O4S/c19-15-7-6-14(22(24)25)8-16(15)21-17(23)11-27-10-13-9-26-18(20-13)12-4-2-1-3-5-12/h1-9H,10-11H2,(H,21,23). The van der Waals surface area contributed by atoms with E-state index in [0.29, 0.717) is 17.3 Å². The molecule has 1 amide bonds. The van der Waals surface area contributed by atoms with Crippen LogP contribution >= 0.6 is 11.8 Å². The molecule has 1 aromatic heterocycles. The molecule has 27 heavy (non-hydrogen) atoms. The van der Waals surface area contributed by atoms with Crippen LogP contribution in [-0.2, 0) is 10.5 Å². The zero-order valence-corrected chi connectivity index (χ0v) is 14.7. The van der Waals surface area contributed by atoms with Gasteiger partial charge in [0, 0.05) is 23.4 Å². The molecule has 0 aliphatic heterocycles. The van der Waals surface area contributed by atoms with Crippen molar-refractivity contribution < 1.29 is 18.5 Å². The second kappa shape index (κ2) is 8.45. The third-order valence-electron chi connectivity index (χ3n) is 3.49. The number of hydrogen-bond donors (Lipinski definition) is 1. The van der Waals surface area contributed by atoms with Crippen molar-refractivity contribution in [3.8, 4) is 11.5 Å². The highest BCUT2D eigenvalue weighted by molar-refractivity contribution is 7.99. The summed E-state index contributed by atoms with van der Waals surface area (Å²) in [6.07, 6.45) is 1.52. The van der Waals surface area contributed by atoms with Gasteiger partial charge >= 0.3 is 0 Å². The minimum Gasteiger partial charge on any atom is -0.444 e. The third-order valence-corrected chi connectivity index (χ3v) is 4.46. The Bertz CT molecular complexity index is 962. The quantitative estimate of drug-likeness (QED) is 0.480. The lowest BCUT2D eigenvalue weighted by molar-refractivity contribution is -0.384. The van der Waals surface area contributed by atoms with E-state index >= 15 is 0 Å². The Morgan fingerprint density at radius 2 is 2.04 bits per heavy atom. The van der Waals surface area contributed by atoms with Crippen LogP contribution in [0.4, 0.5) is 15.8 Å². The number of hydrogen-bond acceptors (Lipinski definition) is 6. The molecule has 2 aromatic carbocycles. The normalized spacial score (nSPS) is 10.6. The Morgan fingerprint density at radius 1 is 1.26 bits per heavy atom. The third kappa shape index (κ3) is 4.91. The molecule has 1 heterocycles. The van der Waals surface area contributed by atoms with Gasteiger partial charge in [0.1, 0.15) is 12.1 Å². The summed E-state index contributed by atoms with van der Waals surface area (Å²) in [6, 6.07) is 12.4. The molecule has 138 valence electrons. The van der Waals surface area contributed by atoms with Crippen LogP contribution in [0.15, 0.2) is 59.2 Å². The second-order valence-corrected chi connectivity index (χ2v) is 6.46. The molecule has 3 rings (SSSR count). The molecule has 0 fully saturated rings. The highest BCUT2D eigenvalue weighted by Crippen LogP contribution is 2.23. The topological polar surface area (TPSA) is 98.3 Å². The summed E-state index contributed by atoms with van der Waals surface area (Å²) >= 11 is 1.27. The first-order chi connectivity index (χ1) is 13.0. The molecule has 9 heteroatoms. The summed E-state index contributed by atoms with van der Waals surface area (Å²) < 4.78 is 19.1. The molecule has 0 aliphatic carbocycles. The van der Waals surface area contributed by atoms with Crippen LogP contribution in [0.3, 0.4) is 0 Å². The van der Waals surface area contributed by atoms with E-state index in [9.17, 15) is 19.3 Å². The van der Waals surface area contributed by atoms with Gasteiger partial charge in [-0.3, -0.25) is 14.9 Å². The summed E-state index contributed by atoms with van der Waals surface area (Å²) in [5.74, 6) is -0.236. The predicted molar refractivity (Wildman–Crippen MR) is 99.8 cm³/mol. The van der Waals surface area contributed by atoms with E-state index in [1.165, 1.54) is 18.0 Å². The number of anilines is 1. The van der Waals surface area contributed by atoms with E-state index in [0.717, 1.165) is 23.8 Å². The SMILES string of the molecule is O=C(CSCc1coc(-c2ccccc2)n1)Nc1cc([N+](=O)[O-])ccc1F. The molecule has 0 aliphatic rings. The first-order valence-corrected chi connectivity index (χ1v) is 9.00. The molecule has 1 N–H and O–H groups in total. The van der Waals surface area contributed by atoms with E-state index in [2.05, 4.69) is 10.3 Å². The van der Waals surface area contributed by atoms with Crippen LogP contribution in [0.5, 0.6) is 0 Å². The van der Waals surface area contributed by atoms with Gasteiger partial charge in [0.15, 0.2) is 0 Å². The van der Waals surface area contributed by atoms with Gasteiger partial charge < -0.3 is 9.73 Å². The van der Waals surface area contributed by atoms with Crippen molar-refractivity contribution in [1.82, 2.24) is 4.98 Å². The van der Waals surface area contributed by atoms with Crippen molar-refractivity contribution in [3.05, 3.63) is 76.4 Å². The summed E-state index contributed by atoms with van der Waals surface area (Å²) in [5, 5.41) is 13.1. The van der Waals surface area contributed by atoms with Crippen molar-refractivity contribution in [2.45, 2.75) is 5.75 Å². The number of halogens is 1. The number of thioether (sulfide) groups is 1. The van der Waals surface area contributed by atoms with Gasteiger partial charge in [0.25, 0.3) is 5.69 Å². The Labute approximate surface area is 157 Å². The summed E-state index contributed by atoms with van der Waals surface area (Å²) in [6.45, 7) is 0. The molecule has 0 saturated carbocycles. The summed E-state index contributed by atoms with van der Waals surface area (Å²) in [4.78, 5) is 26.4. The van der Waals surface area contributed by atoms with Crippen LogP contribution in [0.2, 0.25) is 0 Å². The number of oxazole rings is 1. The van der Waals surface area contributed by atoms with E-state index in [4.69, 9.17) is 4.42 Å². The van der Waals surface area contributed by atoms with Crippen molar-refractivity contribution in [3.63, 3.8) is 0 Å². The van der Waals surface area contributed by atoms with Gasteiger partial charge in [-0.05, 0) is 18.2 Å². The fourth-order valence-corrected chi connectivity index (χ4v) is 2.95. The molecular weight excluding hydrogens is 373 g/mol. The zero-order chi connectivity index (χ0) is 19.2. The molecule has 0 unspecified atom stereocenters. The lowest BCUT2D eigenvalue weighted by atomic mass is 10.2. The minimum atomic E-state index is -0.733. The highest BCUT2D eigenvalue weighted by Gasteiger charge is 2.13. The Morgan fingerprint density at radius 3 is 2.78 bits per heavy atom. The lowest BCUT2D eigenvalue weighted by Crippen LogP contribution is -2.15. The fraction of sp³-hybridized carbons (Fsp3) is 0.111. The van der Waals surface area contributed by atoms with Crippen molar-refractivity contribution in [1.29, 1.82) is 0 Å². The fourth-order valence-electron chi connectivity index (χ4n) is 2.24. The van der Waals surface area contributed by atoms with Gasteiger partial charge in [0.2, 0.25) is 11.8 Å². The molecular formula is C18H14FN3O4S. The minimum absolute atomic E-state index is 0.0374. The van der Waals surface area contributed by atoms with Crippen molar-refractivity contribution in [2.24, 2.45) is 0 Å². The van der Waals surface area contributed by atoms with E-state index in [1.54, 1.807) is 0 Å². The molecule has 7 nitrogen and oxygen atoms in total. The Balaban J connectivity index is 1.52. The lowest BCUT2D eigenvalue weighted by Gasteiger charge is -2.05. The Kier molecular flexibility index (Phi) is 5.82. The number of nitro groups is 1. The smallest absolute Gasteiger partial charge is 0.271 e. The number of nitro benzene ring substituents is 1. The number of amides is 1. The monoisotopic (exact) mass is 387 g/mol. The van der Waals surface area contributed by atoms with Crippen molar-refractivity contribution in [2.75, 3.05) is 11.1 Å². The molecule has 0 atom stereocenters. The summed E-state index contributed by atoms with van der Waals surface area (Å²) in [7, 11) is 0. The van der Waals surface area contributed by atoms with Gasteiger partial charge in [-0.25, -0.2) is 9.37 Å². The zero-order valence-electron chi connectivity index (χ0n) is 13.9. The predicted octanol–water partition coefficient (Wildman–Crippen LogP) is 4.26. The number of non-ortho nitro benzene ring substituents is 1. The maximum atomic E-state index is 13.7. The van der Waals surface area contributed by atoms with Gasteiger partial charge in [-0.2, -0.15) is 0 Å². The molecule has 0 radical (unpaired) electrons. The average molecular weight is 387 g/mol. The summed E-state index contributed by atoms with van der Waals surface area (Å²) in [5.41, 5.74) is 1.01. The van der Waals surface area contributed by atoms with Crippen LogP contribution in [-0.4, -0.2) is 21.6 Å². The number of aromatic nitrogens is 1. The van der Waals surface area contributed by atoms with Gasteiger partial charge in [-0.1, -0.05) is 18.2 Å². The average Bonchev–Trinajstić information content (AvgIpc) is 3.13. The van der Waals surface area contributed by atoms with Crippen LogP contribution in [0.25, 0.3) is 11.5 Å². The number of nitrogens with zero attached hydrogens (tertiary/aromatic N) is 2. The van der Waals surface area contributed by atoms with E-state index < -0.39 is 16.6 Å². The molecule has 0 spiro atoms. The Hall–Kier alpha value is -3.20. The maximum Gasteiger partial charge on any atom is 0.271 e. The van der Waals surface area contributed by atoms with Crippen LogP contribution in [0, 0.1) is 15.9 Å². The van der Waals surface area contributed by atoms with Gasteiger partial charge in [0.05, 0.1) is 22.1 Å². The number of carbonyl (C=O) groups is 1. The molecule has 0 saturated heterocycles. The van der Waals surface area contributed by atoms with E-state index in [-0.39, 0.29) is 17.1 Å².